The normalized spacial score (nSPS) is 14.1. The van der Waals surface area contributed by atoms with Crippen LogP contribution in [0.5, 0.6) is 0 Å². The van der Waals surface area contributed by atoms with E-state index in [1.165, 1.54) is 0 Å². The fourth-order valence-corrected chi connectivity index (χ4v) is 3.22. The molecule has 0 spiro atoms. The second-order valence-corrected chi connectivity index (χ2v) is 6.87. The lowest BCUT2D eigenvalue weighted by atomic mass is 10.9. The maximum Gasteiger partial charge on any atom is 0.502 e. The molecule has 0 heterocycles. The van der Waals surface area contributed by atoms with E-state index in [4.69, 9.17) is 0 Å². The van der Waals surface area contributed by atoms with E-state index in [9.17, 15) is 43.2 Å². The number of sulfone groups is 2. The maximum absolute atomic E-state index is 12.1. The Morgan fingerprint density at radius 3 is 1.47 bits per heavy atom. The molecule has 0 saturated carbocycles. The van der Waals surface area contributed by atoms with Gasteiger partial charge < -0.3 is 4.74 Å². The van der Waals surface area contributed by atoms with Crippen molar-refractivity contribution in [2.45, 2.75) is 17.9 Å². The van der Waals surface area contributed by atoms with E-state index in [0.717, 1.165) is 6.92 Å². The average molecular weight is 336 g/mol. The second kappa shape index (κ2) is 5.19. The Balaban J connectivity index is 6.23. The Morgan fingerprint density at radius 2 is 1.26 bits per heavy atom. The van der Waals surface area contributed by atoms with Gasteiger partial charge in [-0.15, -0.1) is 0 Å². The Hall–Kier alpha value is -0.980. The standard InChI is InChI=1S/C6H6F6O5S2/c1-2-17-3-4(18(13,14)5(7,8)9)19(15,16)6(10,11)12/h3H,2H2,1H3. The van der Waals surface area contributed by atoms with Gasteiger partial charge in [0, 0.05) is 0 Å². The van der Waals surface area contributed by atoms with Gasteiger partial charge in [0.05, 0.1) is 6.61 Å². The average Bonchev–Trinajstić information content (AvgIpc) is 2.13. The molecule has 0 aromatic rings. The first-order valence-electron chi connectivity index (χ1n) is 4.14. The van der Waals surface area contributed by atoms with Crippen molar-refractivity contribution < 1.29 is 47.9 Å². The van der Waals surface area contributed by atoms with Gasteiger partial charge in [-0.05, 0) is 6.92 Å². The molecule has 0 bridgehead atoms. The van der Waals surface area contributed by atoms with E-state index >= 15 is 0 Å². The fourth-order valence-electron chi connectivity index (χ4n) is 0.651. The molecule has 0 amide bonds. The molecular formula is C6H6F6O5S2. The number of rotatable bonds is 4. The zero-order valence-corrected chi connectivity index (χ0v) is 10.5. The highest BCUT2D eigenvalue weighted by Gasteiger charge is 2.60. The molecule has 114 valence electrons. The van der Waals surface area contributed by atoms with Crippen molar-refractivity contribution in [3.63, 3.8) is 0 Å². The van der Waals surface area contributed by atoms with Gasteiger partial charge in [0.2, 0.25) is 4.24 Å². The highest BCUT2D eigenvalue weighted by Crippen LogP contribution is 2.38. The number of ether oxygens (including phenoxy) is 1. The predicted molar refractivity (Wildman–Crippen MR) is 49.7 cm³/mol. The summed E-state index contributed by atoms with van der Waals surface area (Å²) in [7, 11) is -13.4. The summed E-state index contributed by atoms with van der Waals surface area (Å²) >= 11 is 0. The van der Waals surface area contributed by atoms with E-state index in [0.29, 0.717) is 0 Å². The Kier molecular flexibility index (Phi) is 4.92. The highest BCUT2D eigenvalue weighted by atomic mass is 32.3. The Labute approximate surface area is 103 Å². The van der Waals surface area contributed by atoms with Gasteiger partial charge in [-0.2, -0.15) is 26.3 Å². The van der Waals surface area contributed by atoms with E-state index in [2.05, 4.69) is 4.74 Å². The summed E-state index contributed by atoms with van der Waals surface area (Å²) < 4.78 is 117. The Morgan fingerprint density at radius 1 is 0.947 bits per heavy atom. The summed E-state index contributed by atoms with van der Waals surface area (Å²) in [5.41, 5.74) is -12.4. The van der Waals surface area contributed by atoms with Gasteiger partial charge in [0.25, 0.3) is 19.7 Å². The lowest BCUT2D eigenvalue weighted by molar-refractivity contribution is -0.0445. The number of alkyl halides is 6. The van der Waals surface area contributed by atoms with Crippen LogP contribution in [-0.2, 0) is 24.4 Å². The zero-order chi connectivity index (χ0) is 15.7. The monoisotopic (exact) mass is 336 g/mol. The van der Waals surface area contributed by atoms with Crippen LogP contribution >= 0.6 is 0 Å². The van der Waals surface area contributed by atoms with Crippen LogP contribution in [0.3, 0.4) is 0 Å². The molecular weight excluding hydrogens is 330 g/mol. The minimum absolute atomic E-state index is 0.537. The summed E-state index contributed by atoms with van der Waals surface area (Å²) in [4.78, 5) is 0. The molecule has 0 aromatic heterocycles. The topological polar surface area (TPSA) is 77.5 Å². The Bertz CT molecular complexity index is 506. The van der Waals surface area contributed by atoms with Crippen LogP contribution < -0.4 is 0 Å². The van der Waals surface area contributed by atoms with Crippen molar-refractivity contribution in [1.82, 2.24) is 0 Å². The van der Waals surface area contributed by atoms with Crippen molar-refractivity contribution >= 4 is 19.7 Å². The lowest BCUT2D eigenvalue weighted by Crippen LogP contribution is -2.34. The van der Waals surface area contributed by atoms with Crippen LogP contribution in [0.4, 0.5) is 26.3 Å². The highest BCUT2D eigenvalue weighted by molar-refractivity contribution is 8.15. The maximum atomic E-state index is 12.1. The first-order chi connectivity index (χ1) is 8.19. The van der Waals surface area contributed by atoms with Crippen LogP contribution in [0.15, 0.2) is 10.5 Å². The molecule has 0 aliphatic rings. The molecule has 0 rings (SSSR count). The van der Waals surface area contributed by atoms with Gasteiger partial charge in [-0.1, -0.05) is 0 Å². The zero-order valence-electron chi connectivity index (χ0n) is 8.91. The van der Waals surface area contributed by atoms with Crippen LogP contribution in [0, 0.1) is 0 Å². The molecule has 0 aromatic carbocycles. The van der Waals surface area contributed by atoms with Gasteiger partial charge in [0.15, 0.2) is 0 Å². The molecule has 0 saturated heterocycles. The fraction of sp³-hybridized carbons (Fsp3) is 0.667. The molecule has 19 heavy (non-hydrogen) atoms. The van der Waals surface area contributed by atoms with Crippen LogP contribution in [-0.4, -0.2) is 34.5 Å². The third-order valence-corrected chi connectivity index (χ3v) is 5.27. The molecule has 0 N–H and O–H groups in total. The van der Waals surface area contributed by atoms with Crippen molar-refractivity contribution in [2.24, 2.45) is 0 Å². The van der Waals surface area contributed by atoms with E-state index in [1.54, 1.807) is 0 Å². The number of halogens is 6. The van der Waals surface area contributed by atoms with E-state index < -0.39 is 47.8 Å². The summed E-state index contributed by atoms with van der Waals surface area (Å²) in [6.07, 6.45) is -0.592. The van der Waals surface area contributed by atoms with E-state index in [-0.39, 0.29) is 0 Å². The lowest BCUT2D eigenvalue weighted by Gasteiger charge is -2.14. The number of hydrogen-bond acceptors (Lipinski definition) is 5. The van der Waals surface area contributed by atoms with Gasteiger partial charge in [0.1, 0.15) is 6.26 Å². The minimum Gasteiger partial charge on any atom is -0.499 e. The first-order valence-corrected chi connectivity index (χ1v) is 7.10. The van der Waals surface area contributed by atoms with Gasteiger partial charge in [-0.3, -0.25) is 0 Å². The quantitative estimate of drug-likeness (QED) is 0.577. The molecule has 0 unspecified atom stereocenters. The summed E-state index contributed by atoms with van der Waals surface area (Å²) in [6, 6.07) is 0. The molecule has 0 radical (unpaired) electrons. The van der Waals surface area contributed by atoms with Gasteiger partial charge in [-0.25, -0.2) is 16.8 Å². The third-order valence-electron chi connectivity index (χ3n) is 1.49. The largest absolute Gasteiger partial charge is 0.502 e. The summed E-state index contributed by atoms with van der Waals surface area (Å²) in [6.45, 7) is 0.554. The smallest absolute Gasteiger partial charge is 0.499 e. The molecule has 0 aliphatic carbocycles. The van der Waals surface area contributed by atoms with Crippen molar-refractivity contribution in [2.75, 3.05) is 6.61 Å². The van der Waals surface area contributed by atoms with Gasteiger partial charge >= 0.3 is 11.0 Å². The van der Waals surface area contributed by atoms with Crippen molar-refractivity contribution in [3.8, 4) is 0 Å². The minimum atomic E-state index is -6.72. The van der Waals surface area contributed by atoms with E-state index in [1.807, 2.05) is 0 Å². The molecule has 5 nitrogen and oxygen atoms in total. The van der Waals surface area contributed by atoms with Crippen LogP contribution in [0.1, 0.15) is 6.92 Å². The predicted octanol–water partition coefficient (Wildman–Crippen LogP) is 1.69. The molecule has 0 aliphatic heterocycles. The summed E-state index contributed by atoms with van der Waals surface area (Å²) in [5.74, 6) is 0. The SMILES string of the molecule is CCOC=C(S(=O)(=O)C(F)(F)F)S(=O)(=O)C(F)(F)F. The molecule has 0 atom stereocenters. The van der Waals surface area contributed by atoms with Crippen molar-refractivity contribution in [3.05, 3.63) is 10.5 Å². The number of hydrogen-bond donors (Lipinski definition) is 0. The third kappa shape index (κ3) is 3.52. The van der Waals surface area contributed by atoms with Crippen molar-refractivity contribution in [1.29, 1.82) is 0 Å². The second-order valence-electron chi connectivity index (χ2n) is 2.79. The molecule has 13 heteroatoms. The first kappa shape index (κ1) is 18.0. The van der Waals surface area contributed by atoms with Crippen LogP contribution in [0.2, 0.25) is 0 Å². The molecule has 0 fully saturated rings. The summed E-state index contributed by atoms with van der Waals surface area (Å²) in [5, 5.41) is 0. The van der Waals surface area contributed by atoms with Crippen LogP contribution in [0.25, 0.3) is 0 Å².